The van der Waals surface area contributed by atoms with Crippen molar-refractivity contribution in [2.45, 2.75) is 13.0 Å². The molecule has 3 amide bonds. The van der Waals surface area contributed by atoms with E-state index in [9.17, 15) is 9.59 Å². The van der Waals surface area contributed by atoms with Crippen LogP contribution >= 0.6 is 16.1 Å². The number of quaternary nitrogens is 1. The van der Waals surface area contributed by atoms with Gasteiger partial charge in [-0.3, -0.25) is 0 Å². The summed E-state index contributed by atoms with van der Waals surface area (Å²) in [6, 6.07) is -0.565. The zero-order valence-electron chi connectivity index (χ0n) is 6.10. The summed E-state index contributed by atoms with van der Waals surface area (Å²) >= 11 is 2.99. The van der Waals surface area contributed by atoms with Gasteiger partial charge in [-0.25, -0.2) is 13.5 Å². The van der Waals surface area contributed by atoms with Gasteiger partial charge in [-0.2, -0.15) is 4.90 Å². The maximum atomic E-state index is 11.0. The lowest BCUT2D eigenvalue weighted by atomic mass is 10.3. The number of likely N-dealkylation sites (N-methyl/N-ethyl adjacent to an activating group) is 1. The summed E-state index contributed by atoms with van der Waals surface area (Å²) in [4.78, 5) is 22.3. The average molecular weight is 288 g/mol. The number of nitrogens with one attached hydrogen (secondary N) is 1. The number of urea groups is 1. The Labute approximate surface area is 83.6 Å². The van der Waals surface area contributed by atoms with E-state index < -0.39 is 0 Å². The Morgan fingerprint density at radius 2 is 2.00 bits per heavy atom. The predicted octanol–water partition coefficient (Wildman–Crippen LogP) is -3.83. The molecule has 64 valence electrons. The van der Waals surface area contributed by atoms with Crippen molar-refractivity contribution in [1.29, 1.82) is 0 Å². The van der Waals surface area contributed by atoms with Gasteiger partial charge in [0, 0.05) is 0 Å². The van der Waals surface area contributed by atoms with E-state index >= 15 is 0 Å². The number of halogens is 2. The molecule has 1 rings (SSSR count). The molecule has 1 saturated heterocycles. The third-order valence-corrected chi connectivity index (χ3v) is 2.54. The predicted molar refractivity (Wildman–Crippen MR) is 37.5 cm³/mol. The number of carbonyl (C=O) groups is 2. The van der Waals surface area contributed by atoms with Gasteiger partial charge in [0.2, 0.25) is 0 Å². The first kappa shape index (κ1) is 11.1. The molecule has 2 atom stereocenters. The number of imide groups is 1. The van der Waals surface area contributed by atoms with E-state index in [0.29, 0.717) is 4.90 Å². The average Bonchev–Trinajstić information content (AvgIpc) is 2.07. The van der Waals surface area contributed by atoms with Crippen LogP contribution in [0, 0.1) is 0 Å². The van der Waals surface area contributed by atoms with E-state index in [1.54, 1.807) is 14.0 Å². The molecule has 6 heteroatoms. The quantitative estimate of drug-likeness (QED) is 0.366. The Kier molecular flexibility index (Phi) is 3.66. The van der Waals surface area contributed by atoms with Gasteiger partial charge in [0.25, 0.3) is 0 Å². The Morgan fingerprint density at radius 1 is 1.55 bits per heavy atom. The summed E-state index contributed by atoms with van der Waals surface area (Å²) in [5.41, 5.74) is 0. The molecular weight excluding hydrogens is 280 g/mol. The van der Waals surface area contributed by atoms with E-state index in [1.807, 2.05) is 0 Å². The number of hydrogen-bond acceptors (Lipinski definition) is 2. The molecule has 1 aliphatic rings. The smallest absolute Gasteiger partial charge is 0.435 e. The molecule has 0 aromatic carbocycles. The lowest BCUT2D eigenvalue weighted by molar-refractivity contribution is -0.701. The maximum Gasteiger partial charge on any atom is 0.435 e. The van der Waals surface area contributed by atoms with Crippen molar-refractivity contribution in [3.8, 4) is 0 Å². The fourth-order valence-corrected chi connectivity index (χ4v) is 1.31. The molecule has 0 aromatic heterocycles. The minimum atomic E-state index is -0.340. The SMILES string of the molecule is CC1C(=O)[NH+](C)C(=O)N1Br.[Br-]. The Bertz CT molecular complexity index is 177. The number of rotatable bonds is 0. The second-order valence-corrected chi connectivity index (χ2v) is 3.05. The molecule has 0 aromatic rings. The molecule has 11 heavy (non-hydrogen) atoms. The topological polar surface area (TPSA) is 41.8 Å². The highest BCUT2D eigenvalue weighted by Gasteiger charge is 2.45. The van der Waals surface area contributed by atoms with E-state index in [0.717, 1.165) is 0 Å². The van der Waals surface area contributed by atoms with Crippen LogP contribution in [0.3, 0.4) is 0 Å². The zero-order valence-corrected chi connectivity index (χ0v) is 9.27. The van der Waals surface area contributed by atoms with Crippen LogP contribution in [0.1, 0.15) is 6.92 Å². The van der Waals surface area contributed by atoms with Crippen LogP contribution in [0.4, 0.5) is 4.79 Å². The molecule has 4 nitrogen and oxygen atoms in total. The minimum absolute atomic E-state index is 0. The molecule has 0 radical (unpaired) electrons. The Balaban J connectivity index is 0.000001000. The summed E-state index contributed by atoms with van der Waals surface area (Å²) in [5.74, 6) is -0.0955. The normalized spacial score (nSPS) is 30.6. The first-order valence-electron chi connectivity index (χ1n) is 2.93. The largest absolute Gasteiger partial charge is 1.00 e. The Hall–Kier alpha value is 0.0600. The van der Waals surface area contributed by atoms with Gasteiger partial charge in [0.1, 0.15) is 0 Å². The second kappa shape index (κ2) is 3.64. The number of carbonyl (C=O) groups excluding carboxylic acids is 2. The van der Waals surface area contributed by atoms with Crippen LogP contribution in [0.2, 0.25) is 0 Å². The molecule has 0 spiro atoms. The van der Waals surface area contributed by atoms with Crippen molar-refractivity contribution < 1.29 is 31.5 Å². The first-order chi connectivity index (χ1) is 4.55. The van der Waals surface area contributed by atoms with Gasteiger partial charge in [0.15, 0.2) is 6.04 Å². The molecule has 0 aliphatic carbocycles. The molecule has 0 bridgehead atoms. The van der Waals surface area contributed by atoms with E-state index in [2.05, 4.69) is 16.1 Å². The van der Waals surface area contributed by atoms with E-state index in [-0.39, 0.29) is 35.0 Å². The van der Waals surface area contributed by atoms with Crippen LogP contribution in [0.25, 0.3) is 0 Å². The van der Waals surface area contributed by atoms with Crippen molar-refractivity contribution in [1.82, 2.24) is 3.93 Å². The van der Waals surface area contributed by atoms with Gasteiger partial charge < -0.3 is 17.0 Å². The molecule has 1 heterocycles. The first-order valence-corrected chi connectivity index (χ1v) is 3.63. The van der Waals surface area contributed by atoms with Crippen molar-refractivity contribution in [2.75, 3.05) is 7.05 Å². The zero-order chi connectivity index (χ0) is 7.89. The minimum Gasteiger partial charge on any atom is -1.00 e. The summed E-state index contributed by atoms with van der Waals surface area (Å²) < 4.78 is 1.27. The van der Waals surface area contributed by atoms with E-state index in [4.69, 9.17) is 0 Å². The summed E-state index contributed by atoms with van der Waals surface area (Å²) in [5, 5.41) is 0. The lowest BCUT2D eigenvalue weighted by Crippen LogP contribution is -3.12. The number of nitrogens with zero attached hydrogens (tertiary/aromatic N) is 1. The van der Waals surface area contributed by atoms with Crippen LogP contribution < -0.4 is 21.9 Å². The summed E-state index contributed by atoms with van der Waals surface area (Å²) in [6.07, 6.45) is 0. The Morgan fingerprint density at radius 3 is 2.09 bits per heavy atom. The molecule has 1 N–H and O–H groups in total. The van der Waals surface area contributed by atoms with Crippen LogP contribution in [0.15, 0.2) is 0 Å². The molecule has 0 saturated carbocycles. The van der Waals surface area contributed by atoms with Gasteiger partial charge in [-0.15, -0.1) is 0 Å². The molecule has 2 unspecified atom stereocenters. The molecule has 1 fully saturated rings. The third-order valence-electron chi connectivity index (χ3n) is 1.60. The van der Waals surface area contributed by atoms with Crippen LogP contribution in [-0.4, -0.2) is 29.0 Å². The van der Waals surface area contributed by atoms with Crippen LogP contribution in [-0.2, 0) is 4.79 Å². The fourth-order valence-electron chi connectivity index (χ4n) is 0.858. The second-order valence-electron chi connectivity index (χ2n) is 2.28. The number of hydrogen-bond donors (Lipinski definition) is 1. The highest BCUT2D eigenvalue weighted by molar-refractivity contribution is 9.07. The highest BCUT2D eigenvalue weighted by Crippen LogP contribution is 2.07. The van der Waals surface area contributed by atoms with Gasteiger partial charge in [0.05, 0.1) is 23.2 Å². The lowest BCUT2D eigenvalue weighted by Gasteiger charge is -2.01. The van der Waals surface area contributed by atoms with Crippen molar-refractivity contribution in [3.05, 3.63) is 0 Å². The summed E-state index contributed by atoms with van der Waals surface area (Å²) in [6.45, 7) is 1.69. The summed E-state index contributed by atoms with van der Waals surface area (Å²) in [7, 11) is 1.54. The van der Waals surface area contributed by atoms with Gasteiger partial charge >= 0.3 is 11.9 Å². The van der Waals surface area contributed by atoms with Crippen LogP contribution in [0.5, 0.6) is 0 Å². The third kappa shape index (κ3) is 1.62. The van der Waals surface area contributed by atoms with Gasteiger partial charge in [-0.1, -0.05) is 0 Å². The fraction of sp³-hybridized carbons (Fsp3) is 0.600. The van der Waals surface area contributed by atoms with Gasteiger partial charge in [-0.05, 0) is 6.92 Å². The molecular formula is C5H8Br2N2O2. The molecule has 1 aliphatic heterocycles. The van der Waals surface area contributed by atoms with E-state index in [1.165, 1.54) is 3.93 Å². The maximum absolute atomic E-state index is 11.0. The van der Waals surface area contributed by atoms with Crippen molar-refractivity contribution >= 4 is 28.1 Å². The standard InChI is InChI=1S/C5H7BrN2O2.BrH/c1-3-4(9)7(2)5(10)8(3)6;/h3H,1-2H3;1H. The number of amides is 3. The van der Waals surface area contributed by atoms with Crippen molar-refractivity contribution in [3.63, 3.8) is 0 Å². The van der Waals surface area contributed by atoms with Crippen molar-refractivity contribution in [2.24, 2.45) is 0 Å². The monoisotopic (exact) mass is 286 g/mol. The highest BCUT2D eigenvalue weighted by atomic mass is 79.9.